The largest absolute Gasteiger partial charge is 0.465 e. The maximum Gasteiger partial charge on any atom is 0.465 e. The van der Waals surface area contributed by atoms with Crippen molar-refractivity contribution >= 4 is 5.97 Å². The normalized spacial score (nSPS) is 13.4. The van der Waals surface area contributed by atoms with Crippen molar-refractivity contribution in [2.24, 2.45) is 0 Å². The van der Waals surface area contributed by atoms with E-state index in [4.69, 9.17) is 0 Å². The zero-order chi connectivity index (χ0) is 13.2. The number of halogens is 6. The average molecular weight is 252 g/mol. The van der Waals surface area contributed by atoms with Crippen LogP contribution in [0.2, 0.25) is 0 Å². The lowest BCUT2D eigenvalue weighted by atomic mass is 10.2. The number of methoxy groups -OCH3 is 1. The molecule has 9 heteroatoms. The van der Waals surface area contributed by atoms with Gasteiger partial charge in [-0.3, -0.25) is 0 Å². The van der Waals surface area contributed by atoms with Crippen molar-refractivity contribution in [3.63, 3.8) is 0 Å². The number of hydrogen-bond acceptors (Lipinski definition) is 3. The number of carbonyl (C=O) groups excluding carboxylic acids is 1. The third-order valence-electron chi connectivity index (χ3n) is 1.44. The van der Waals surface area contributed by atoms with Gasteiger partial charge in [-0.2, -0.15) is 26.3 Å². The van der Waals surface area contributed by atoms with Crippen LogP contribution in [0.15, 0.2) is 12.7 Å². The number of alkyl halides is 6. The van der Waals surface area contributed by atoms with Crippen molar-refractivity contribution in [1.82, 2.24) is 0 Å². The van der Waals surface area contributed by atoms with Gasteiger partial charge in [0, 0.05) is 13.2 Å². The maximum absolute atomic E-state index is 12.2. The van der Waals surface area contributed by atoms with Gasteiger partial charge in [0.15, 0.2) is 0 Å². The SMILES string of the molecule is C=CC(=O)OC(OC)(C(F)(F)F)C(F)(F)F. The highest BCUT2D eigenvalue weighted by Crippen LogP contribution is 2.46. The summed E-state index contributed by atoms with van der Waals surface area (Å²) in [4.78, 5) is 10.5. The molecule has 0 bridgehead atoms. The zero-order valence-electron chi connectivity index (χ0n) is 7.78. The van der Waals surface area contributed by atoms with Crippen LogP contribution in [0, 0.1) is 0 Å². The van der Waals surface area contributed by atoms with Crippen molar-refractivity contribution < 1.29 is 40.6 Å². The van der Waals surface area contributed by atoms with Crippen molar-refractivity contribution in [2.75, 3.05) is 7.11 Å². The topological polar surface area (TPSA) is 35.5 Å². The van der Waals surface area contributed by atoms with Crippen LogP contribution in [-0.2, 0) is 14.3 Å². The fourth-order valence-corrected chi connectivity index (χ4v) is 0.733. The van der Waals surface area contributed by atoms with Crippen LogP contribution in [-0.4, -0.2) is 31.2 Å². The Morgan fingerprint density at radius 1 is 1.12 bits per heavy atom. The van der Waals surface area contributed by atoms with Gasteiger partial charge in [-0.25, -0.2) is 4.79 Å². The molecule has 0 aliphatic rings. The highest BCUT2D eigenvalue weighted by atomic mass is 19.4. The van der Waals surface area contributed by atoms with E-state index in [0.717, 1.165) is 0 Å². The fraction of sp³-hybridized carbons (Fsp3) is 0.571. The number of rotatable bonds is 3. The summed E-state index contributed by atoms with van der Waals surface area (Å²) in [6.45, 7) is 2.68. The van der Waals surface area contributed by atoms with Crippen molar-refractivity contribution in [3.8, 4) is 0 Å². The highest BCUT2D eigenvalue weighted by Gasteiger charge is 2.76. The fourth-order valence-electron chi connectivity index (χ4n) is 0.733. The van der Waals surface area contributed by atoms with Gasteiger partial charge in [-0.1, -0.05) is 6.58 Å². The summed E-state index contributed by atoms with van der Waals surface area (Å²) < 4.78 is 79.8. The molecule has 0 spiro atoms. The lowest BCUT2D eigenvalue weighted by molar-refractivity contribution is -0.449. The second-order valence-corrected chi connectivity index (χ2v) is 2.44. The summed E-state index contributed by atoms with van der Waals surface area (Å²) in [6.07, 6.45) is -11.8. The molecule has 0 aromatic heterocycles. The summed E-state index contributed by atoms with van der Waals surface area (Å²) >= 11 is 0. The van der Waals surface area contributed by atoms with Crippen LogP contribution < -0.4 is 0 Å². The smallest absolute Gasteiger partial charge is 0.412 e. The molecule has 0 fully saturated rings. The Morgan fingerprint density at radius 2 is 1.50 bits per heavy atom. The van der Waals surface area contributed by atoms with Crippen LogP contribution in [0.25, 0.3) is 0 Å². The van der Waals surface area contributed by atoms with E-state index in [2.05, 4.69) is 16.1 Å². The third-order valence-corrected chi connectivity index (χ3v) is 1.44. The Kier molecular flexibility index (Phi) is 3.98. The first-order valence-electron chi connectivity index (χ1n) is 3.56. The van der Waals surface area contributed by atoms with E-state index in [0.29, 0.717) is 0 Å². The highest BCUT2D eigenvalue weighted by molar-refractivity contribution is 5.81. The molecule has 0 aromatic carbocycles. The first kappa shape index (κ1) is 14.8. The molecule has 0 radical (unpaired) electrons. The summed E-state index contributed by atoms with van der Waals surface area (Å²) in [5, 5.41) is 0. The molecular weight excluding hydrogens is 246 g/mol. The van der Waals surface area contributed by atoms with E-state index in [-0.39, 0.29) is 13.2 Å². The minimum absolute atomic E-state index is 0.122. The summed E-state index contributed by atoms with van der Waals surface area (Å²) in [6, 6.07) is 0. The molecular formula is C7H6F6O3. The Balaban J connectivity index is 5.48. The van der Waals surface area contributed by atoms with E-state index in [1.165, 1.54) is 0 Å². The van der Waals surface area contributed by atoms with Gasteiger partial charge in [-0.05, 0) is 0 Å². The molecule has 0 aromatic rings. The third kappa shape index (κ3) is 2.46. The molecule has 0 unspecified atom stereocenters. The molecule has 0 saturated heterocycles. The summed E-state index contributed by atoms with van der Waals surface area (Å²) in [7, 11) is 0.122. The molecule has 0 atom stereocenters. The molecule has 0 N–H and O–H groups in total. The van der Waals surface area contributed by atoms with E-state index in [9.17, 15) is 31.1 Å². The van der Waals surface area contributed by atoms with Gasteiger partial charge in [0.05, 0.1) is 0 Å². The lowest BCUT2D eigenvalue weighted by Crippen LogP contribution is -2.60. The standard InChI is InChI=1S/C7H6F6O3/c1-3-4(14)16-5(15-2,6(8,9)10)7(11,12)13/h3H,1H2,2H3. The van der Waals surface area contributed by atoms with Gasteiger partial charge in [0.25, 0.3) is 0 Å². The molecule has 0 heterocycles. The minimum Gasteiger partial charge on any atom is -0.412 e. The second-order valence-electron chi connectivity index (χ2n) is 2.44. The van der Waals surface area contributed by atoms with E-state index in [1.54, 1.807) is 0 Å². The summed E-state index contributed by atoms with van der Waals surface area (Å²) in [5.41, 5.74) is 0. The predicted octanol–water partition coefficient (Wildman–Crippen LogP) is 2.18. The second kappa shape index (κ2) is 4.32. The Labute approximate surface area is 85.6 Å². The Hall–Kier alpha value is -1.25. The average Bonchev–Trinajstić information content (AvgIpc) is 2.09. The number of hydrogen-bond donors (Lipinski definition) is 0. The van der Waals surface area contributed by atoms with Crippen LogP contribution in [0.5, 0.6) is 0 Å². The van der Waals surface area contributed by atoms with Gasteiger partial charge >= 0.3 is 24.1 Å². The van der Waals surface area contributed by atoms with E-state index < -0.39 is 24.1 Å². The molecule has 0 saturated carbocycles. The predicted molar refractivity (Wildman–Crippen MR) is 38.1 cm³/mol. The summed E-state index contributed by atoms with van der Waals surface area (Å²) in [5.74, 6) is -6.89. The molecule has 0 aliphatic heterocycles. The van der Waals surface area contributed by atoms with E-state index >= 15 is 0 Å². The molecule has 0 amide bonds. The first-order valence-corrected chi connectivity index (χ1v) is 3.56. The molecule has 0 aliphatic carbocycles. The van der Waals surface area contributed by atoms with E-state index in [1.807, 2.05) is 0 Å². The van der Waals surface area contributed by atoms with Gasteiger partial charge in [0.1, 0.15) is 0 Å². The van der Waals surface area contributed by atoms with Gasteiger partial charge in [0.2, 0.25) is 0 Å². The van der Waals surface area contributed by atoms with Crippen molar-refractivity contribution in [1.29, 1.82) is 0 Å². The number of carbonyl (C=O) groups is 1. The van der Waals surface area contributed by atoms with Gasteiger partial charge < -0.3 is 9.47 Å². The Bertz CT molecular complexity index is 265. The van der Waals surface area contributed by atoms with Crippen LogP contribution >= 0.6 is 0 Å². The quantitative estimate of drug-likeness (QED) is 0.334. The first-order chi connectivity index (χ1) is 7.02. The number of esters is 1. The maximum atomic E-state index is 12.2. The minimum atomic E-state index is -5.96. The van der Waals surface area contributed by atoms with Crippen LogP contribution in [0.3, 0.4) is 0 Å². The van der Waals surface area contributed by atoms with Crippen LogP contribution in [0.4, 0.5) is 26.3 Å². The Morgan fingerprint density at radius 3 is 1.69 bits per heavy atom. The van der Waals surface area contributed by atoms with Gasteiger partial charge in [-0.15, -0.1) is 0 Å². The molecule has 0 rings (SSSR count). The number of ether oxygens (including phenoxy) is 2. The molecule has 16 heavy (non-hydrogen) atoms. The molecule has 3 nitrogen and oxygen atoms in total. The molecule has 94 valence electrons. The van der Waals surface area contributed by atoms with Crippen LogP contribution in [0.1, 0.15) is 0 Å². The van der Waals surface area contributed by atoms with Crippen molar-refractivity contribution in [3.05, 3.63) is 12.7 Å². The van der Waals surface area contributed by atoms with Crippen molar-refractivity contribution in [2.45, 2.75) is 18.1 Å². The lowest BCUT2D eigenvalue weighted by Gasteiger charge is -2.34. The zero-order valence-corrected chi connectivity index (χ0v) is 7.78. The monoisotopic (exact) mass is 252 g/mol.